The highest BCUT2D eigenvalue weighted by Crippen LogP contribution is 2.51. The number of primary amides is 1. The molecule has 3 rings (SSSR count). The topological polar surface area (TPSA) is 104 Å². The average Bonchev–Trinajstić information content (AvgIpc) is 3.07. The van der Waals surface area contributed by atoms with Gasteiger partial charge in [-0.2, -0.15) is 22.0 Å². The van der Waals surface area contributed by atoms with Gasteiger partial charge in [-0.3, -0.25) is 14.6 Å². The number of hydrogen-bond acceptors (Lipinski definition) is 5. The van der Waals surface area contributed by atoms with E-state index in [9.17, 15) is 35.9 Å². The summed E-state index contributed by atoms with van der Waals surface area (Å²) >= 11 is 0. The fraction of sp³-hybridized carbons (Fsp3) is 0.350. The number of benzene rings is 1. The number of halogens is 6. The highest BCUT2D eigenvalue weighted by Gasteiger charge is 2.61. The van der Waals surface area contributed by atoms with Gasteiger partial charge >= 0.3 is 12.8 Å². The van der Waals surface area contributed by atoms with Gasteiger partial charge in [0.05, 0.1) is 0 Å². The zero-order valence-electron chi connectivity index (χ0n) is 16.8. The Balaban J connectivity index is 2.00. The molecule has 33 heavy (non-hydrogen) atoms. The molecule has 1 aromatic carbocycles. The standard InChI is InChI=1S/C20H17F6N3O4/c1-19(20(24,25)26)8-12(11-3-2-9(21)6-14(11)32-18(22)23)15(33-19)17(31)29-10-4-5-28-13(7-10)16(27)30/h2-7,12,15,18H,8H2,1H3,(H2,27,30)(H,28,29,31)/t12-,15+,19-/m1/s1. The van der Waals surface area contributed by atoms with Gasteiger partial charge in [0, 0.05) is 29.4 Å². The number of amides is 2. The van der Waals surface area contributed by atoms with Crippen molar-refractivity contribution in [2.45, 2.75) is 43.8 Å². The first-order valence-electron chi connectivity index (χ1n) is 9.36. The van der Waals surface area contributed by atoms with Crippen molar-refractivity contribution in [3.05, 3.63) is 53.6 Å². The van der Waals surface area contributed by atoms with Crippen molar-refractivity contribution in [3.8, 4) is 5.75 Å². The van der Waals surface area contributed by atoms with E-state index in [1.807, 2.05) is 0 Å². The first-order chi connectivity index (χ1) is 15.3. The highest BCUT2D eigenvalue weighted by atomic mass is 19.4. The Bertz CT molecular complexity index is 1060. The zero-order valence-corrected chi connectivity index (χ0v) is 16.8. The van der Waals surface area contributed by atoms with E-state index in [0.29, 0.717) is 13.0 Å². The predicted molar refractivity (Wildman–Crippen MR) is 101 cm³/mol. The van der Waals surface area contributed by atoms with Crippen molar-refractivity contribution in [1.82, 2.24) is 4.98 Å². The molecule has 1 aliphatic heterocycles. The van der Waals surface area contributed by atoms with Crippen LogP contribution in [0.1, 0.15) is 35.3 Å². The van der Waals surface area contributed by atoms with Crippen LogP contribution in [0.4, 0.5) is 32.0 Å². The van der Waals surface area contributed by atoms with Crippen molar-refractivity contribution >= 4 is 17.5 Å². The third-order valence-electron chi connectivity index (χ3n) is 5.09. The van der Waals surface area contributed by atoms with Gasteiger partial charge in [-0.1, -0.05) is 6.07 Å². The summed E-state index contributed by atoms with van der Waals surface area (Å²) in [6.07, 6.45) is -6.44. The van der Waals surface area contributed by atoms with Crippen LogP contribution in [0, 0.1) is 5.82 Å². The molecule has 0 unspecified atom stereocenters. The van der Waals surface area contributed by atoms with Gasteiger partial charge < -0.3 is 20.5 Å². The molecule has 0 saturated carbocycles. The zero-order chi connectivity index (χ0) is 24.6. The predicted octanol–water partition coefficient (Wildman–Crippen LogP) is 3.75. The number of carbonyl (C=O) groups excluding carboxylic acids is 2. The fourth-order valence-electron chi connectivity index (χ4n) is 3.50. The summed E-state index contributed by atoms with van der Waals surface area (Å²) < 4.78 is 89.7. The van der Waals surface area contributed by atoms with Crippen molar-refractivity contribution in [3.63, 3.8) is 0 Å². The Morgan fingerprint density at radius 2 is 1.97 bits per heavy atom. The molecule has 7 nitrogen and oxygen atoms in total. The number of nitrogens with zero attached hydrogens (tertiary/aromatic N) is 1. The van der Waals surface area contributed by atoms with Gasteiger partial charge in [-0.25, -0.2) is 4.39 Å². The number of nitrogens with two attached hydrogens (primary N) is 1. The van der Waals surface area contributed by atoms with Crippen molar-refractivity contribution < 1.29 is 45.4 Å². The summed E-state index contributed by atoms with van der Waals surface area (Å²) in [5, 5.41) is 2.30. The molecule has 2 amide bonds. The van der Waals surface area contributed by atoms with Gasteiger partial charge in [0.15, 0.2) is 5.60 Å². The smallest absolute Gasteiger partial charge is 0.417 e. The van der Waals surface area contributed by atoms with Crippen LogP contribution in [0.25, 0.3) is 0 Å². The van der Waals surface area contributed by atoms with Gasteiger partial charge in [-0.05, 0) is 31.5 Å². The number of nitrogens with one attached hydrogen (secondary N) is 1. The van der Waals surface area contributed by atoms with Gasteiger partial charge in [0.25, 0.3) is 11.8 Å². The molecule has 0 bridgehead atoms. The number of alkyl halides is 5. The van der Waals surface area contributed by atoms with Crippen LogP contribution in [0.5, 0.6) is 5.75 Å². The van der Waals surface area contributed by atoms with Gasteiger partial charge in [0.1, 0.15) is 23.4 Å². The van der Waals surface area contributed by atoms with Crippen LogP contribution in [-0.2, 0) is 9.53 Å². The van der Waals surface area contributed by atoms with Gasteiger partial charge in [-0.15, -0.1) is 0 Å². The minimum absolute atomic E-state index is 0.0186. The maximum Gasteiger partial charge on any atom is 0.417 e. The Morgan fingerprint density at radius 1 is 1.27 bits per heavy atom. The summed E-state index contributed by atoms with van der Waals surface area (Å²) in [6.45, 7) is -2.68. The Morgan fingerprint density at radius 3 is 2.58 bits per heavy atom. The molecule has 3 atom stereocenters. The number of rotatable bonds is 6. The van der Waals surface area contributed by atoms with E-state index in [4.69, 9.17) is 10.5 Å². The molecule has 1 saturated heterocycles. The second-order valence-electron chi connectivity index (χ2n) is 7.42. The quantitative estimate of drug-likeness (QED) is 0.617. The Hall–Kier alpha value is -3.35. The maximum absolute atomic E-state index is 13.7. The summed E-state index contributed by atoms with van der Waals surface area (Å²) in [5.41, 5.74) is 1.80. The van der Waals surface area contributed by atoms with Crippen LogP contribution < -0.4 is 15.8 Å². The number of anilines is 1. The molecule has 0 radical (unpaired) electrons. The van der Waals surface area contributed by atoms with Crippen molar-refractivity contribution in [1.29, 1.82) is 0 Å². The molecule has 2 aromatic rings. The monoisotopic (exact) mass is 477 g/mol. The molecule has 1 aromatic heterocycles. The number of hydrogen-bond donors (Lipinski definition) is 2. The third-order valence-corrected chi connectivity index (χ3v) is 5.09. The van der Waals surface area contributed by atoms with Crippen LogP contribution in [0.3, 0.4) is 0 Å². The molecule has 2 heterocycles. The lowest BCUT2D eigenvalue weighted by atomic mass is 9.86. The molecular formula is C20H17F6N3O4. The van der Waals surface area contributed by atoms with E-state index >= 15 is 0 Å². The summed E-state index contributed by atoms with van der Waals surface area (Å²) in [5.74, 6) is -5.09. The molecule has 1 fully saturated rings. The molecule has 0 spiro atoms. The lowest BCUT2D eigenvalue weighted by Gasteiger charge is -2.27. The van der Waals surface area contributed by atoms with Crippen LogP contribution in [0.2, 0.25) is 0 Å². The maximum atomic E-state index is 13.7. The molecule has 178 valence electrons. The minimum atomic E-state index is -4.92. The number of ether oxygens (including phenoxy) is 2. The Kier molecular flexibility index (Phi) is 6.54. The van der Waals surface area contributed by atoms with E-state index in [1.165, 1.54) is 6.07 Å². The normalized spacial score (nSPS) is 22.9. The SMILES string of the molecule is C[C@]1(C(F)(F)F)C[C@H](c2ccc(F)cc2OC(F)F)[C@@H](C(=O)Nc2ccnc(C(N)=O)c2)O1. The first-order valence-corrected chi connectivity index (χ1v) is 9.36. The Labute approximate surface area is 182 Å². The summed E-state index contributed by atoms with van der Waals surface area (Å²) in [4.78, 5) is 27.8. The summed E-state index contributed by atoms with van der Waals surface area (Å²) in [6, 6.07) is 4.73. The highest BCUT2D eigenvalue weighted by molar-refractivity contribution is 5.97. The first kappa shape index (κ1) is 24.3. The minimum Gasteiger partial charge on any atom is -0.434 e. The molecule has 3 N–H and O–H groups in total. The molecular weight excluding hydrogens is 460 g/mol. The third kappa shape index (κ3) is 5.18. The van der Waals surface area contributed by atoms with Crippen molar-refractivity contribution in [2.24, 2.45) is 5.73 Å². The number of aromatic nitrogens is 1. The number of pyridine rings is 1. The number of carbonyl (C=O) groups is 2. The van der Waals surface area contributed by atoms with Crippen LogP contribution >= 0.6 is 0 Å². The largest absolute Gasteiger partial charge is 0.434 e. The lowest BCUT2D eigenvalue weighted by Crippen LogP contribution is -2.43. The summed E-state index contributed by atoms with van der Waals surface area (Å²) in [7, 11) is 0. The van der Waals surface area contributed by atoms with Crippen molar-refractivity contribution in [2.75, 3.05) is 5.32 Å². The molecule has 13 heteroatoms. The second-order valence-corrected chi connectivity index (χ2v) is 7.42. The lowest BCUT2D eigenvalue weighted by molar-refractivity contribution is -0.261. The van der Waals surface area contributed by atoms with E-state index in [-0.39, 0.29) is 16.9 Å². The van der Waals surface area contributed by atoms with Crippen LogP contribution in [-0.4, -0.2) is 41.3 Å². The van der Waals surface area contributed by atoms with E-state index in [1.54, 1.807) is 0 Å². The van der Waals surface area contributed by atoms with Gasteiger partial charge in [0.2, 0.25) is 0 Å². The van der Waals surface area contributed by atoms with E-state index in [0.717, 1.165) is 24.4 Å². The van der Waals surface area contributed by atoms with E-state index in [2.05, 4.69) is 15.0 Å². The average molecular weight is 477 g/mol. The fourth-order valence-corrected chi connectivity index (χ4v) is 3.50. The van der Waals surface area contributed by atoms with Crippen LogP contribution in [0.15, 0.2) is 36.5 Å². The van der Waals surface area contributed by atoms with E-state index < -0.39 is 60.2 Å². The molecule has 0 aliphatic carbocycles. The molecule has 1 aliphatic rings. The second kappa shape index (κ2) is 8.89.